The highest BCUT2D eigenvalue weighted by atomic mass is 35.5. The summed E-state index contributed by atoms with van der Waals surface area (Å²) < 4.78 is 38.2. The SMILES string of the molecule is CCOC(=O)c1nc(-c2ccc3ccn(C)c3c2)n(-c2cccc(Cl)c2F)c1-c1ccc(F)c(Cl)c1. The van der Waals surface area contributed by atoms with Gasteiger partial charge in [-0.1, -0.05) is 41.4 Å². The van der Waals surface area contributed by atoms with E-state index in [1.807, 2.05) is 42.1 Å². The van der Waals surface area contributed by atoms with E-state index < -0.39 is 17.6 Å². The molecule has 5 nitrogen and oxygen atoms in total. The molecule has 9 heteroatoms. The van der Waals surface area contributed by atoms with E-state index in [2.05, 4.69) is 4.98 Å². The summed E-state index contributed by atoms with van der Waals surface area (Å²) in [4.78, 5) is 17.7. The molecule has 0 aliphatic carbocycles. The van der Waals surface area contributed by atoms with Crippen molar-refractivity contribution in [3.63, 3.8) is 0 Å². The molecule has 0 radical (unpaired) electrons. The molecular weight excluding hydrogens is 507 g/mol. The molecular formula is C27H19Cl2F2N3O2. The molecule has 182 valence electrons. The van der Waals surface area contributed by atoms with Gasteiger partial charge < -0.3 is 9.30 Å². The zero-order valence-electron chi connectivity index (χ0n) is 19.2. The molecule has 2 heterocycles. The lowest BCUT2D eigenvalue weighted by Crippen LogP contribution is -2.08. The Morgan fingerprint density at radius 2 is 1.78 bits per heavy atom. The zero-order valence-corrected chi connectivity index (χ0v) is 20.7. The van der Waals surface area contributed by atoms with Gasteiger partial charge in [0, 0.05) is 29.9 Å². The summed E-state index contributed by atoms with van der Waals surface area (Å²) in [6.07, 6.45) is 1.92. The Hall–Kier alpha value is -3.68. The number of fused-ring (bicyclic) bond motifs is 1. The molecule has 5 rings (SSSR count). The molecule has 0 unspecified atom stereocenters. The lowest BCUT2D eigenvalue weighted by molar-refractivity contribution is 0.0521. The third-order valence-electron chi connectivity index (χ3n) is 5.86. The molecule has 0 saturated heterocycles. The van der Waals surface area contributed by atoms with Crippen molar-refractivity contribution in [1.82, 2.24) is 14.1 Å². The molecule has 0 N–H and O–H groups in total. The van der Waals surface area contributed by atoms with E-state index in [4.69, 9.17) is 27.9 Å². The first-order valence-electron chi connectivity index (χ1n) is 11.0. The molecule has 0 atom stereocenters. The monoisotopic (exact) mass is 525 g/mol. The molecule has 5 aromatic rings. The van der Waals surface area contributed by atoms with Crippen LogP contribution in [0.4, 0.5) is 8.78 Å². The van der Waals surface area contributed by atoms with Gasteiger partial charge in [0.15, 0.2) is 11.5 Å². The fraction of sp³-hybridized carbons (Fsp3) is 0.111. The number of nitrogens with zero attached hydrogens (tertiary/aromatic N) is 3. The van der Waals surface area contributed by atoms with Crippen LogP contribution in [-0.4, -0.2) is 26.7 Å². The van der Waals surface area contributed by atoms with Crippen LogP contribution in [0.5, 0.6) is 0 Å². The number of hydrogen-bond acceptors (Lipinski definition) is 3. The number of aromatic nitrogens is 3. The van der Waals surface area contributed by atoms with Crippen molar-refractivity contribution in [2.75, 3.05) is 6.61 Å². The van der Waals surface area contributed by atoms with Crippen LogP contribution in [-0.2, 0) is 11.8 Å². The van der Waals surface area contributed by atoms with Gasteiger partial charge in [-0.05, 0) is 54.8 Å². The maximum absolute atomic E-state index is 15.5. The molecule has 2 aromatic heterocycles. The van der Waals surface area contributed by atoms with Gasteiger partial charge in [-0.15, -0.1) is 0 Å². The van der Waals surface area contributed by atoms with Crippen LogP contribution in [0, 0.1) is 11.6 Å². The van der Waals surface area contributed by atoms with Crippen molar-refractivity contribution in [2.24, 2.45) is 7.05 Å². The van der Waals surface area contributed by atoms with E-state index in [0.29, 0.717) is 11.1 Å². The van der Waals surface area contributed by atoms with Gasteiger partial charge in [0.05, 0.1) is 28.0 Å². The fourth-order valence-corrected chi connectivity index (χ4v) is 4.52. The second-order valence-corrected chi connectivity index (χ2v) is 8.90. The molecule has 0 amide bonds. The summed E-state index contributed by atoms with van der Waals surface area (Å²) in [6.45, 7) is 1.77. The van der Waals surface area contributed by atoms with Crippen LogP contribution in [0.25, 0.3) is 39.2 Å². The summed E-state index contributed by atoms with van der Waals surface area (Å²) >= 11 is 12.2. The average molecular weight is 526 g/mol. The second-order valence-electron chi connectivity index (χ2n) is 8.09. The van der Waals surface area contributed by atoms with Crippen molar-refractivity contribution in [2.45, 2.75) is 6.92 Å². The van der Waals surface area contributed by atoms with Crippen molar-refractivity contribution in [3.8, 4) is 28.3 Å². The second kappa shape index (κ2) is 9.41. The number of aryl methyl sites for hydroxylation is 1. The van der Waals surface area contributed by atoms with E-state index in [9.17, 15) is 9.18 Å². The molecule has 0 aliphatic rings. The van der Waals surface area contributed by atoms with Crippen LogP contribution >= 0.6 is 23.2 Å². The highest BCUT2D eigenvalue weighted by molar-refractivity contribution is 6.31. The number of ether oxygens (including phenoxy) is 1. The lowest BCUT2D eigenvalue weighted by Gasteiger charge is -2.15. The Morgan fingerprint density at radius 3 is 2.53 bits per heavy atom. The Bertz CT molecular complexity index is 1640. The molecule has 0 spiro atoms. The van der Waals surface area contributed by atoms with Gasteiger partial charge in [-0.3, -0.25) is 4.57 Å². The van der Waals surface area contributed by atoms with E-state index in [-0.39, 0.29) is 39.6 Å². The van der Waals surface area contributed by atoms with Crippen LogP contribution in [0.2, 0.25) is 10.0 Å². The Kier molecular flexibility index (Phi) is 6.28. The standard InChI is InChI=1S/C27H19Cl2F2N3O2/c1-3-36-27(35)24-25(16-9-10-20(30)19(29)13-16)34(21-6-4-5-18(28)23(21)31)26(32-24)17-8-7-15-11-12-33(2)22(15)14-17/h4-14H,3H2,1-2H3. The van der Waals surface area contributed by atoms with Gasteiger partial charge in [0.1, 0.15) is 11.6 Å². The van der Waals surface area contributed by atoms with Crippen LogP contribution in [0.3, 0.4) is 0 Å². The number of carbonyl (C=O) groups is 1. The smallest absolute Gasteiger partial charge is 0.359 e. The summed E-state index contributed by atoms with van der Waals surface area (Å²) in [5.41, 5.74) is 2.07. The minimum absolute atomic E-state index is 0.0583. The van der Waals surface area contributed by atoms with Gasteiger partial charge in [-0.2, -0.15) is 0 Å². The number of halogens is 4. The summed E-state index contributed by atoms with van der Waals surface area (Å²) in [6, 6.07) is 16.1. The van der Waals surface area contributed by atoms with Crippen LogP contribution in [0.15, 0.2) is 66.9 Å². The Labute approximate surface area is 215 Å². The van der Waals surface area contributed by atoms with Gasteiger partial charge in [0.2, 0.25) is 0 Å². The predicted octanol–water partition coefficient (Wildman–Crippen LogP) is 7.46. The number of carbonyl (C=O) groups excluding carboxylic acids is 1. The number of benzene rings is 3. The number of imidazole rings is 1. The normalized spacial score (nSPS) is 11.3. The van der Waals surface area contributed by atoms with Gasteiger partial charge in [-0.25, -0.2) is 18.6 Å². The molecule has 0 aliphatic heterocycles. The molecule has 36 heavy (non-hydrogen) atoms. The third-order valence-corrected chi connectivity index (χ3v) is 6.44. The van der Waals surface area contributed by atoms with Gasteiger partial charge in [0.25, 0.3) is 0 Å². The van der Waals surface area contributed by atoms with E-state index in [0.717, 1.165) is 10.9 Å². The van der Waals surface area contributed by atoms with Crippen molar-refractivity contribution >= 4 is 40.1 Å². The van der Waals surface area contributed by atoms with Crippen LogP contribution < -0.4 is 0 Å². The van der Waals surface area contributed by atoms with Crippen molar-refractivity contribution < 1.29 is 18.3 Å². The van der Waals surface area contributed by atoms with Gasteiger partial charge >= 0.3 is 5.97 Å². The fourth-order valence-electron chi connectivity index (χ4n) is 4.17. The first kappa shape index (κ1) is 24.0. The summed E-state index contributed by atoms with van der Waals surface area (Å²) in [7, 11) is 1.91. The Morgan fingerprint density at radius 1 is 1.00 bits per heavy atom. The maximum Gasteiger partial charge on any atom is 0.359 e. The minimum atomic E-state index is -0.713. The maximum atomic E-state index is 15.5. The quantitative estimate of drug-likeness (QED) is 0.224. The lowest BCUT2D eigenvalue weighted by atomic mass is 10.1. The van der Waals surface area contributed by atoms with E-state index in [1.54, 1.807) is 13.0 Å². The van der Waals surface area contributed by atoms with Crippen LogP contribution in [0.1, 0.15) is 17.4 Å². The van der Waals surface area contributed by atoms with E-state index in [1.165, 1.54) is 34.9 Å². The summed E-state index contributed by atoms with van der Waals surface area (Å²) in [5.74, 6) is -1.77. The Balaban J connectivity index is 1.90. The zero-order chi connectivity index (χ0) is 25.6. The topological polar surface area (TPSA) is 49.0 Å². The number of esters is 1. The average Bonchev–Trinajstić information content (AvgIpc) is 3.44. The highest BCUT2D eigenvalue weighted by Gasteiger charge is 2.28. The molecule has 3 aromatic carbocycles. The number of rotatable bonds is 5. The van der Waals surface area contributed by atoms with Crippen molar-refractivity contribution in [3.05, 3.63) is 94.2 Å². The third kappa shape index (κ3) is 4.04. The first-order chi connectivity index (χ1) is 17.3. The molecule has 0 fully saturated rings. The minimum Gasteiger partial charge on any atom is -0.461 e. The molecule has 0 bridgehead atoms. The predicted molar refractivity (Wildman–Crippen MR) is 137 cm³/mol. The van der Waals surface area contributed by atoms with E-state index >= 15 is 4.39 Å². The van der Waals surface area contributed by atoms with Crippen molar-refractivity contribution in [1.29, 1.82) is 0 Å². The number of hydrogen-bond donors (Lipinski definition) is 0. The summed E-state index contributed by atoms with van der Waals surface area (Å²) in [5, 5.41) is 0.740. The first-order valence-corrected chi connectivity index (χ1v) is 11.8. The highest BCUT2D eigenvalue weighted by Crippen LogP contribution is 2.38. The largest absolute Gasteiger partial charge is 0.461 e. The molecule has 0 saturated carbocycles.